The molecule has 3 nitrogen and oxygen atoms in total. The third-order valence-corrected chi connectivity index (χ3v) is 16.4. The summed E-state index contributed by atoms with van der Waals surface area (Å²) in [4.78, 5) is 14.6. The molecule has 3 aromatic heterocycles. The summed E-state index contributed by atoms with van der Waals surface area (Å²) in [6, 6.07) is 91.4. The van der Waals surface area contributed by atoms with Gasteiger partial charge in [-0.25, -0.2) is 0 Å². The van der Waals surface area contributed by atoms with E-state index in [0.29, 0.717) is 0 Å². The number of aromatic nitrogens is 3. The molecular weight excluding hydrogens is 1010 g/mol. The molecule has 3 heteroatoms. The molecule has 0 fully saturated rings. The molecule has 0 atom stereocenters. The van der Waals surface area contributed by atoms with E-state index in [9.17, 15) is 0 Å². The van der Waals surface area contributed by atoms with E-state index in [1.807, 2.05) is 18.6 Å². The van der Waals surface area contributed by atoms with Crippen molar-refractivity contribution >= 4 is 0 Å². The molecule has 0 bridgehead atoms. The first-order valence-corrected chi connectivity index (χ1v) is 29.4. The maximum atomic E-state index is 4.97. The van der Waals surface area contributed by atoms with Gasteiger partial charge in [0.05, 0.1) is 17.1 Å². The van der Waals surface area contributed by atoms with E-state index in [-0.39, 0.29) is 16.2 Å². The minimum absolute atomic E-state index is 0.0192. The second-order valence-electron chi connectivity index (χ2n) is 25.3. The molecule has 3 heterocycles. The van der Waals surface area contributed by atoms with Gasteiger partial charge in [-0.05, 0) is 183 Å². The van der Waals surface area contributed by atoms with Gasteiger partial charge in [-0.15, -0.1) is 0 Å². The molecule has 0 saturated heterocycles. The fourth-order valence-electron chi connectivity index (χ4n) is 11.5. The molecule has 9 aromatic carbocycles. The van der Waals surface area contributed by atoms with Crippen molar-refractivity contribution in [2.45, 2.75) is 78.6 Å². The molecule has 0 unspecified atom stereocenters. The van der Waals surface area contributed by atoms with Crippen LogP contribution in [0.2, 0.25) is 0 Å². The van der Waals surface area contributed by atoms with Crippen molar-refractivity contribution in [2.24, 2.45) is 0 Å². The van der Waals surface area contributed by atoms with Crippen LogP contribution in [0, 0.1) is 0 Å². The van der Waals surface area contributed by atoms with Gasteiger partial charge in [0, 0.05) is 35.3 Å². The fourth-order valence-corrected chi connectivity index (χ4v) is 11.5. The lowest BCUT2D eigenvalue weighted by Gasteiger charge is -2.21. The molecule has 0 amide bonds. The lowest BCUT2D eigenvalue weighted by molar-refractivity contribution is 0.589. The SMILES string of the molecule is CC(C)(C)c1ccnc(-c2ccc(-c3ccccc3-c3cc(-c4ccccc4-c4ccc(-c5cc(C(C)(C)C)ccn5)cc4)cc(-c4ccccc4-c4ccc(-c5cc(C(C)(C)C)ccn5)cc4-c4ccc(-c5ccccc5)cc4)c3)cc2)c1. The molecule has 410 valence electrons. The van der Waals surface area contributed by atoms with Gasteiger partial charge in [0.1, 0.15) is 0 Å². The Kier molecular flexibility index (Phi) is 14.8. The van der Waals surface area contributed by atoms with Crippen LogP contribution in [0.15, 0.2) is 267 Å². The zero-order valence-corrected chi connectivity index (χ0v) is 49.7. The molecule has 0 spiro atoms. The average Bonchev–Trinajstić information content (AvgIpc) is 2.06. The minimum atomic E-state index is -0.0238. The molecule has 0 N–H and O–H groups in total. The van der Waals surface area contributed by atoms with Crippen LogP contribution in [0.3, 0.4) is 0 Å². The van der Waals surface area contributed by atoms with Crippen LogP contribution in [0.1, 0.15) is 79.0 Å². The van der Waals surface area contributed by atoms with Crippen molar-refractivity contribution in [3.63, 3.8) is 0 Å². The highest BCUT2D eigenvalue weighted by Gasteiger charge is 2.22. The van der Waals surface area contributed by atoms with Gasteiger partial charge in [0.15, 0.2) is 0 Å². The van der Waals surface area contributed by atoms with E-state index in [2.05, 4.69) is 311 Å². The van der Waals surface area contributed by atoms with Crippen LogP contribution in [-0.2, 0) is 16.2 Å². The van der Waals surface area contributed by atoms with Crippen LogP contribution >= 0.6 is 0 Å². The van der Waals surface area contributed by atoms with Crippen molar-refractivity contribution in [3.05, 3.63) is 284 Å². The molecule has 0 aliphatic rings. The molecule has 84 heavy (non-hydrogen) atoms. The van der Waals surface area contributed by atoms with Crippen molar-refractivity contribution < 1.29 is 0 Å². The Bertz CT molecular complexity index is 4160. The van der Waals surface area contributed by atoms with E-state index in [0.717, 1.165) is 112 Å². The van der Waals surface area contributed by atoms with Crippen LogP contribution < -0.4 is 0 Å². The van der Waals surface area contributed by atoms with Crippen LogP contribution in [0.5, 0.6) is 0 Å². The van der Waals surface area contributed by atoms with Crippen LogP contribution in [0.4, 0.5) is 0 Å². The molecule has 0 aliphatic heterocycles. The van der Waals surface area contributed by atoms with E-state index >= 15 is 0 Å². The topological polar surface area (TPSA) is 38.7 Å². The predicted molar refractivity (Wildman–Crippen MR) is 356 cm³/mol. The number of benzene rings is 9. The summed E-state index contributed by atoms with van der Waals surface area (Å²) < 4.78 is 0. The highest BCUT2D eigenvalue weighted by molar-refractivity contribution is 5.97. The molecule has 12 rings (SSSR count). The van der Waals surface area contributed by atoms with Gasteiger partial charge in [0.25, 0.3) is 0 Å². The van der Waals surface area contributed by atoms with Gasteiger partial charge in [-0.1, -0.05) is 250 Å². The first-order chi connectivity index (χ1) is 40.5. The number of pyridine rings is 3. The smallest absolute Gasteiger partial charge is 0.0705 e. The Morgan fingerprint density at radius 3 is 0.857 bits per heavy atom. The highest BCUT2D eigenvalue weighted by Crippen LogP contribution is 2.45. The largest absolute Gasteiger partial charge is 0.256 e. The zero-order chi connectivity index (χ0) is 58.2. The molecule has 12 aromatic rings. The van der Waals surface area contributed by atoms with E-state index in [4.69, 9.17) is 15.0 Å². The summed E-state index contributed by atoms with van der Waals surface area (Å²) >= 11 is 0. The number of rotatable bonds is 11. The van der Waals surface area contributed by atoms with Gasteiger partial charge in [-0.3, -0.25) is 15.0 Å². The maximum absolute atomic E-state index is 4.97. The fraction of sp³-hybridized carbons (Fsp3) is 0.148. The van der Waals surface area contributed by atoms with E-state index in [1.54, 1.807) is 0 Å². The minimum Gasteiger partial charge on any atom is -0.256 e. The summed E-state index contributed by atoms with van der Waals surface area (Å²) in [5.74, 6) is 0. The summed E-state index contributed by atoms with van der Waals surface area (Å²) in [7, 11) is 0. The van der Waals surface area contributed by atoms with Crippen LogP contribution in [0.25, 0.3) is 123 Å². The van der Waals surface area contributed by atoms with Crippen LogP contribution in [-0.4, -0.2) is 15.0 Å². The number of nitrogens with zero attached hydrogens (tertiary/aromatic N) is 3. The monoisotopic (exact) mass is 1090 g/mol. The van der Waals surface area contributed by atoms with Crippen molar-refractivity contribution in [2.75, 3.05) is 0 Å². The molecule has 0 aliphatic carbocycles. The van der Waals surface area contributed by atoms with Gasteiger partial charge < -0.3 is 0 Å². The second kappa shape index (κ2) is 22.6. The van der Waals surface area contributed by atoms with Gasteiger partial charge in [0.2, 0.25) is 0 Å². The summed E-state index contributed by atoms with van der Waals surface area (Å²) in [5, 5.41) is 0. The summed E-state index contributed by atoms with van der Waals surface area (Å²) in [6.45, 7) is 20.3. The summed E-state index contributed by atoms with van der Waals surface area (Å²) in [6.07, 6.45) is 5.82. The van der Waals surface area contributed by atoms with E-state index in [1.165, 1.54) is 27.8 Å². The standard InChI is InChI=1S/C81H71N3/c1-79(2,3)65-41-44-82-76(51-65)59-35-31-56(32-36-59)68-21-13-15-23-70(68)62-47-63(71-24-16-14-22-69(71)57-33-37-60(38-34-57)77-52-66(42-45-83-77)80(4,5)6)49-64(48-62)72-25-17-18-26-73(72)74-40-39-61(78-53-67(43-46-84-78)81(7,8)9)50-75(74)58-29-27-55(28-30-58)54-19-11-10-12-20-54/h10-53H,1-9H3. The third-order valence-electron chi connectivity index (χ3n) is 16.4. The van der Waals surface area contributed by atoms with Crippen molar-refractivity contribution in [1.82, 2.24) is 15.0 Å². The van der Waals surface area contributed by atoms with Gasteiger partial charge in [-0.2, -0.15) is 0 Å². The Morgan fingerprint density at radius 1 is 0.190 bits per heavy atom. The maximum Gasteiger partial charge on any atom is 0.0705 e. The molecule has 0 radical (unpaired) electrons. The lowest BCUT2D eigenvalue weighted by Crippen LogP contribution is -2.11. The van der Waals surface area contributed by atoms with Crippen molar-refractivity contribution in [3.8, 4) is 123 Å². The first-order valence-electron chi connectivity index (χ1n) is 29.4. The van der Waals surface area contributed by atoms with Crippen molar-refractivity contribution in [1.29, 1.82) is 0 Å². The Labute approximate surface area is 497 Å². The first kappa shape index (κ1) is 55.0. The van der Waals surface area contributed by atoms with E-state index < -0.39 is 0 Å². The Morgan fingerprint density at radius 2 is 0.464 bits per heavy atom. The Hall–Kier alpha value is -9.57. The normalized spacial score (nSPS) is 11.9. The number of hydrogen-bond donors (Lipinski definition) is 0. The molecule has 0 saturated carbocycles. The molecular formula is C81H71N3. The van der Waals surface area contributed by atoms with Gasteiger partial charge >= 0.3 is 0 Å². The Balaban J connectivity index is 1.02. The second-order valence-corrected chi connectivity index (χ2v) is 25.3. The zero-order valence-electron chi connectivity index (χ0n) is 49.7. The highest BCUT2D eigenvalue weighted by atomic mass is 14.7. The third kappa shape index (κ3) is 11.6. The predicted octanol–water partition coefficient (Wildman–Crippen LogP) is 22.1. The summed E-state index contributed by atoms with van der Waals surface area (Å²) in [5.41, 5.74) is 28.3. The lowest BCUT2D eigenvalue weighted by atomic mass is 9.84. The quantitative estimate of drug-likeness (QED) is 0.130. The average molecular weight is 1090 g/mol. The number of hydrogen-bond acceptors (Lipinski definition) is 3.